The quantitative estimate of drug-likeness (QED) is 0.895. The standard InChI is InChI=1S/C12H16N4OS/c1-8-7-11(16(3)15-8)14-12(17)13-9(2)10-5-4-6-18-10/h4-7,9H,1-3H3,(H2,13,14,17)/t9-/m1/s1. The molecule has 0 aromatic carbocycles. The zero-order chi connectivity index (χ0) is 13.1. The predicted octanol–water partition coefficient (Wildman–Crippen LogP) is 2.67. The van der Waals surface area contributed by atoms with Crippen molar-refractivity contribution in [3.05, 3.63) is 34.2 Å². The number of nitrogens with one attached hydrogen (secondary N) is 2. The van der Waals surface area contributed by atoms with Gasteiger partial charge in [0.15, 0.2) is 0 Å². The van der Waals surface area contributed by atoms with Gasteiger partial charge in [-0.1, -0.05) is 6.07 Å². The number of aromatic nitrogens is 2. The highest BCUT2D eigenvalue weighted by Gasteiger charge is 2.11. The van der Waals surface area contributed by atoms with Crippen LogP contribution in [0.4, 0.5) is 10.6 Å². The third-order valence-electron chi connectivity index (χ3n) is 2.56. The lowest BCUT2D eigenvalue weighted by atomic mass is 10.3. The second-order valence-electron chi connectivity index (χ2n) is 4.13. The summed E-state index contributed by atoms with van der Waals surface area (Å²) in [5.74, 6) is 0.684. The minimum absolute atomic E-state index is 0.000625. The highest BCUT2D eigenvalue weighted by atomic mass is 32.1. The van der Waals surface area contributed by atoms with Crippen molar-refractivity contribution in [1.29, 1.82) is 0 Å². The summed E-state index contributed by atoms with van der Waals surface area (Å²) in [6.45, 7) is 3.84. The van der Waals surface area contributed by atoms with Crippen molar-refractivity contribution in [2.45, 2.75) is 19.9 Å². The molecule has 0 aliphatic rings. The maximum absolute atomic E-state index is 11.8. The van der Waals surface area contributed by atoms with Crippen LogP contribution < -0.4 is 10.6 Å². The first-order valence-corrected chi connectivity index (χ1v) is 6.56. The number of hydrogen-bond donors (Lipinski definition) is 2. The molecule has 0 saturated carbocycles. The number of urea groups is 1. The smallest absolute Gasteiger partial charge is 0.320 e. The fraction of sp³-hybridized carbons (Fsp3) is 0.333. The Morgan fingerprint density at radius 3 is 2.89 bits per heavy atom. The molecule has 2 amide bonds. The van der Waals surface area contributed by atoms with Gasteiger partial charge in [-0.15, -0.1) is 11.3 Å². The highest BCUT2D eigenvalue weighted by Crippen LogP contribution is 2.18. The molecule has 0 aliphatic heterocycles. The molecule has 0 fully saturated rings. The van der Waals surface area contributed by atoms with Crippen molar-refractivity contribution in [3.63, 3.8) is 0 Å². The zero-order valence-corrected chi connectivity index (χ0v) is 11.4. The summed E-state index contributed by atoms with van der Waals surface area (Å²) in [5, 5.41) is 11.8. The van der Waals surface area contributed by atoms with Crippen LogP contribution in [0.1, 0.15) is 23.5 Å². The number of aryl methyl sites for hydroxylation is 2. The first kappa shape index (κ1) is 12.6. The van der Waals surface area contributed by atoms with E-state index in [1.807, 2.05) is 37.4 Å². The topological polar surface area (TPSA) is 59.0 Å². The summed E-state index contributed by atoms with van der Waals surface area (Å²) in [6, 6.07) is 5.58. The van der Waals surface area contributed by atoms with Gasteiger partial charge in [-0.2, -0.15) is 5.10 Å². The van der Waals surface area contributed by atoms with E-state index < -0.39 is 0 Å². The Labute approximate surface area is 110 Å². The van der Waals surface area contributed by atoms with Gasteiger partial charge in [0.1, 0.15) is 5.82 Å². The lowest BCUT2D eigenvalue weighted by molar-refractivity contribution is 0.249. The number of anilines is 1. The van der Waals surface area contributed by atoms with Gasteiger partial charge in [-0.3, -0.25) is 10.00 Å². The molecule has 0 bridgehead atoms. The lowest BCUT2D eigenvalue weighted by Crippen LogP contribution is -2.31. The monoisotopic (exact) mass is 264 g/mol. The van der Waals surface area contributed by atoms with E-state index in [1.54, 1.807) is 23.1 Å². The van der Waals surface area contributed by atoms with Crippen LogP contribution in [0.5, 0.6) is 0 Å². The number of carbonyl (C=O) groups excluding carboxylic acids is 1. The van der Waals surface area contributed by atoms with Gasteiger partial charge in [0, 0.05) is 18.0 Å². The van der Waals surface area contributed by atoms with Crippen LogP contribution in [0.15, 0.2) is 23.6 Å². The molecule has 0 radical (unpaired) electrons. The second-order valence-corrected chi connectivity index (χ2v) is 5.11. The SMILES string of the molecule is Cc1cc(NC(=O)N[C@H](C)c2cccs2)n(C)n1. The Bertz CT molecular complexity index is 532. The summed E-state index contributed by atoms with van der Waals surface area (Å²) >= 11 is 1.63. The Balaban J connectivity index is 1.95. The molecule has 2 heterocycles. The average molecular weight is 264 g/mol. The average Bonchev–Trinajstić information content (AvgIpc) is 2.89. The van der Waals surface area contributed by atoms with Crippen LogP contribution in [0.3, 0.4) is 0 Å². The van der Waals surface area contributed by atoms with Crippen LogP contribution >= 0.6 is 11.3 Å². The number of rotatable bonds is 3. The van der Waals surface area contributed by atoms with Gasteiger partial charge in [-0.05, 0) is 25.3 Å². The Morgan fingerprint density at radius 2 is 2.33 bits per heavy atom. The third kappa shape index (κ3) is 2.89. The Kier molecular flexibility index (Phi) is 3.66. The van der Waals surface area contributed by atoms with Gasteiger partial charge in [0.25, 0.3) is 0 Å². The molecule has 5 nitrogen and oxygen atoms in total. The number of hydrogen-bond acceptors (Lipinski definition) is 3. The van der Waals surface area contributed by atoms with E-state index >= 15 is 0 Å². The molecular weight excluding hydrogens is 248 g/mol. The van der Waals surface area contributed by atoms with Crippen molar-refractivity contribution >= 4 is 23.2 Å². The molecule has 18 heavy (non-hydrogen) atoms. The van der Waals surface area contributed by atoms with Gasteiger partial charge in [0.2, 0.25) is 0 Å². The minimum Gasteiger partial charge on any atom is -0.330 e. The first-order valence-electron chi connectivity index (χ1n) is 5.68. The molecule has 0 aliphatic carbocycles. The molecule has 96 valence electrons. The van der Waals surface area contributed by atoms with E-state index in [9.17, 15) is 4.79 Å². The second kappa shape index (κ2) is 5.22. The minimum atomic E-state index is -0.223. The number of carbonyl (C=O) groups is 1. The van der Waals surface area contributed by atoms with E-state index in [1.165, 1.54) is 0 Å². The van der Waals surface area contributed by atoms with E-state index in [0.717, 1.165) is 10.6 Å². The van der Waals surface area contributed by atoms with Gasteiger partial charge in [-0.25, -0.2) is 4.79 Å². The fourth-order valence-electron chi connectivity index (χ4n) is 1.69. The normalized spacial score (nSPS) is 12.2. The van der Waals surface area contributed by atoms with Crippen LogP contribution in [-0.2, 0) is 7.05 Å². The summed E-state index contributed by atoms with van der Waals surface area (Å²) in [6.07, 6.45) is 0. The number of thiophene rings is 1. The van der Waals surface area contributed by atoms with Gasteiger partial charge in [0.05, 0.1) is 11.7 Å². The van der Waals surface area contributed by atoms with E-state index in [-0.39, 0.29) is 12.1 Å². The first-order chi connectivity index (χ1) is 8.56. The molecule has 6 heteroatoms. The Hall–Kier alpha value is -1.82. The largest absolute Gasteiger partial charge is 0.330 e. The lowest BCUT2D eigenvalue weighted by Gasteiger charge is -2.13. The van der Waals surface area contributed by atoms with Gasteiger partial charge < -0.3 is 5.32 Å². The molecule has 2 N–H and O–H groups in total. The molecule has 2 aromatic rings. The highest BCUT2D eigenvalue weighted by molar-refractivity contribution is 7.10. The van der Waals surface area contributed by atoms with Crippen LogP contribution in [0.2, 0.25) is 0 Å². The number of nitrogens with zero attached hydrogens (tertiary/aromatic N) is 2. The molecule has 0 unspecified atom stereocenters. The maximum atomic E-state index is 11.8. The summed E-state index contributed by atoms with van der Waals surface area (Å²) in [7, 11) is 1.80. The van der Waals surface area contributed by atoms with Crippen LogP contribution in [0, 0.1) is 6.92 Å². The summed E-state index contributed by atoms with van der Waals surface area (Å²) in [5.41, 5.74) is 0.874. The molecular formula is C12H16N4OS. The van der Waals surface area contributed by atoms with Crippen molar-refractivity contribution in [2.24, 2.45) is 7.05 Å². The molecule has 1 atom stereocenters. The van der Waals surface area contributed by atoms with Crippen molar-refractivity contribution in [2.75, 3.05) is 5.32 Å². The summed E-state index contributed by atoms with van der Waals surface area (Å²) < 4.78 is 1.64. The fourth-order valence-corrected chi connectivity index (χ4v) is 2.42. The third-order valence-corrected chi connectivity index (χ3v) is 3.62. The molecule has 0 spiro atoms. The number of amides is 2. The molecule has 2 aromatic heterocycles. The van der Waals surface area contributed by atoms with Crippen molar-refractivity contribution in [3.8, 4) is 0 Å². The molecule has 0 saturated heterocycles. The van der Waals surface area contributed by atoms with E-state index in [0.29, 0.717) is 5.82 Å². The van der Waals surface area contributed by atoms with Crippen molar-refractivity contribution in [1.82, 2.24) is 15.1 Å². The Morgan fingerprint density at radius 1 is 1.56 bits per heavy atom. The van der Waals surface area contributed by atoms with Crippen LogP contribution in [-0.4, -0.2) is 15.8 Å². The van der Waals surface area contributed by atoms with Gasteiger partial charge >= 0.3 is 6.03 Å². The van der Waals surface area contributed by atoms with Crippen LogP contribution in [0.25, 0.3) is 0 Å². The summed E-state index contributed by atoms with van der Waals surface area (Å²) in [4.78, 5) is 13.0. The maximum Gasteiger partial charge on any atom is 0.320 e. The van der Waals surface area contributed by atoms with Crippen molar-refractivity contribution < 1.29 is 4.79 Å². The predicted molar refractivity (Wildman–Crippen MR) is 72.8 cm³/mol. The zero-order valence-electron chi connectivity index (χ0n) is 10.6. The van der Waals surface area contributed by atoms with E-state index in [4.69, 9.17) is 0 Å². The molecule has 2 rings (SSSR count). The van der Waals surface area contributed by atoms with E-state index in [2.05, 4.69) is 15.7 Å².